The molecule has 0 aromatic rings. The van der Waals surface area contributed by atoms with Crippen LogP contribution in [0.2, 0.25) is 0 Å². The zero-order valence-electron chi connectivity index (χ0n) is 16.5. The molecule has 0 atom stereocenters. The van der Waals surface area contributed by atoms with E-state index in [1.807, 2.05) is 35.0 Å². The number of carbonyl (C=O) groups excluding carboxylic acids is 1. The van der Waals surface area contributed by atoms with Crippen molar-refractivity contribution in [3.05, 3.63) is 0 Å². The largest absolute Gasteiger partial charge is 0.343 e. The van der Waals surface area contributed by atoms with E-state index in [0.717, 1.165) is 13.0 Å². The van der Waals surface area contributed by atoms with Gasteiger partial charge in [0.1, 0.15) is 0 Å². The quantitative estimate of drug-likeness (QED) is 0.579. The van der Waals surface area contributed by atoms with Gasteiger partial charge in [0, 0.05) is 19.5 Å². The summed E-state index contributed by atoms with van der Waals surface area (Å²) in [7, 11) is 10.2. The summed E-state index contributed by atoms with van der Waals surface area (Å²) in [5.74, 6) is 0.247. The predicted octanol–water partition coefficient (Wildman–Crippen LogP) is 3.32. The van der Waals surface area contributed by atoms with E-state index in [1.54, 1.807) is 4.90 Å². The Hall–Kier alpha value is -0.610. The highest BCUT2D eigenvalue weighted by Crippen LogP contribution is 2.00. The van der Waals surface area contributed by atoms with E-state index in [4.69, 9.17) is 0 Å². The Bertz CT molecular complexity index is 253. The smallest absolute Gasteiger partial charge is 0.222 e. The van der Waals surface area contributed by atoms with Crippen molar-refractivity contribution in [2.75, 3.05) is 48.3 Å². The van der Waals surface area contributed by atoms with Crippen LogP contribution >= 0.6 is 0 Å². The molecule has 134 valence electrons. The monoisotopic (exact) mass is 315 g/mol. The fourth-order valence-electron chi connectivity index (χ4n) is 1.87. The maximum atomic E-state index is 11.5. The molecule has 0 fully saturated rings. The van der Waals surface area contributed by atoms with Crippen LogP contribution in [0, 0.1) is 0 Å². The predicted molar refractivity (Wildman–Crippen MR) is 98.4 cm³/mol. The molecule has 0 saturated carbocycles. The van der Waals surface area contributed by atoms with Crippen LogP contribution in [0.25, 0.3) is 0 Å². The fourth-order valence-corrected chi connectivity index (χ4v) is 1.87. The van der Waals surface area contributed by atoms with Gasteiger partial charge in [0.05, 0.1) is 0 Å². The van der Waals surface area contributed by atoms with Crippen molar-refractivity contribution >= 4 is 5.91 Å². The number of rotatable bonds is 10. The average Bonchev–Trinajstić information content (AvgIpc) is 2.42. The summed E-state index contributed by atoms with van der Waals surface area (Å²) in [6.45, 7) is 8.54. The van der Waals surface area contributed by atoms with Crippen LogP contribution in [0.1, 0.15) is 59.3 Å². The minimum absolute atomic E-state index is 0.247. The van der Waals surface area contributed by atoms with Crippen molar-refractivity contribution in [3.8, 4) is 0 Å². The second-order valence-electron chi connectivity index (χ2n) is 6.87. The lowest BCUT2D eigenvalue weighted by Crippen LogP contribution is -2.33. The van der Waals surface area contributed by atoms with Gasteiger partial charge in [-0.05, 0) is 68.0 Å². The van der Waals surface area contributed by atoms with E-state index in [-0.39, 0.29) is 5.91 Å². The number of amides is 1. The average molecular weight is 316 g/mol. The molecule has 0 bridgehead atoms. The molecule has 4 nitrogen and oxygen atoms in total. The van der Waals surface area contributed by atoms with E-state index >= 15 is 0 Å². The summed E-state index contributed by atoms with van der Waals surface area (Å²) in [5.41, 5.74) is 0. The van der Waals surface area contributed by atoms with Crippen molar-refractivity contribution in [2.45, 2.75) is 65.3 Å². The van der Waals surface area contributed by atoms with Crippen molar-refractivity contribution in [1.29, 1.82) is 0 Å². The van der Waals surface area contributed by atoms with E-state index in [0.29, 0.717) is 12.5 Å². The van der Waals surface area contributed by atoms with Gasteiger partial charge < -0.3 is 14.7 Å². The first kappa shape index (κ1) is 23.7. The molecule has 0 spiro atoms. The highest BCUT2D eigenvalue weighted by atomic mass is 16.2. The Morgan fingerprint density at radius 1 is 0.818 bits per heavy atom. The van der Waals surface area contributed by atoms with Gasteiger partial charge >= 0.3 is 0 Å². The maximum Gasteiger partial charge on any atom is 0.222 e. The van der Waals surface area contributed by atoms with Gasteiger partial charge in [-0.25, -0.2) is 0 Å². The lowest BCUT2D eigenvalue weighted by Gasteiger charge is -2.21. The molecule has 0 radical (unpaired) electrons. The van der Waals surface area contributed by atoms with E-state index < -0.39 is 0 Å². The van der Waals surface area contributed by atoms with Crippen LogP contribution in [0.15, 0.2) is 0 Å². The Balaban J connectivity index is 0. The number of nitrogens with zero attached hydrogens (tertiary/aromatic N) is 3. The topological polar surface area (TPSA) is 26.8 Å². The number of hydrogen-bond acceptors (Lipinski definition) is 3. The molecule has 22 heavy (non-hydrogen) atoms. The molecular formula is C18H41N3O. The van der Waals surface area contributed by atoms with Gasteiger partial charge in [-0.3, -0.25) is 4.79 Å². The molecule has 0 saturated heterocycles. The molecule has 0 N–H and O–H groups in total. The molecule has 0 aliphatic carbocycles. The summed E-state index contributed by atoms with van der Waals surface area (Å²) < 4.78 is 0. The van der Waals surface area contributed by atoms with Gasteiger partial charge in [-0.15, -0.1) is 0 Å². The first-order chi connectivity index (χ1) is 10.2. The normalized spacial score (nSPS) is 10.9. The molecule has 0 rings (SSSR count). The minimum Gasteiger partial charge on any atom is -0.343 e. The zero-order valence-corrected chi connectivity index (χ0v) is 16.5. The highest BCUT2D eigenvalue weighted by Gasteiger charge is 2.10. The highest BCUT2D eigenvalue weighted by molar-refractivity contribution is 5.76. The molecule has 1 amide bonds. The molecule has 0 unspecified atom stereocenters. The first-order valence-electron chi connectivity index (χ1n) is 8.77. The third kappa shape index (κ3) is 17.4. The molecule has 0 aliphatic rings. The van der Waals surface area contributed by atoms with Crippen LogP contribution < -0.4 is 0 Å². The molecule has 0 aromatic heterocycles. The van der Waals surface area contributed by atoms with E-state index in [1.165, 1.54) is 32.2 Å². The summed E-state index contributed by atoms with van der Waals surface area (Å²) in [6.07, 6.45) is 7.10. The molecule has 0 aliphatic heterocycles. The van der Waals surface area contributed by atoms with E-state index in [2.05, 4.69) is 30.8 Å². The number of unbranched alkanes of at least 4 members (excludes halogenated alkanes) is 3. The van der Waals surface area contributed by atoms with Gasteiger partial charge in [0.2, 0.25) is 5.91 Å². The van der Waals surface area contributed by atoms with Gasteiger partial charge in [0.15, 0.2) is 0 Å². The Morgan fingerprint density at radius 3 is 1.73 bits per heavy atom. The number of carbonyl (C=O) groups is 1. The summed E-state index contributed by atoms with van der Waals surface area (Å²) in [4.78, 5) is 17.6. The van der Waals surface area contributed by atoms with Crippen LogP contribution in [0.5, 0.6) is 0 Å². The molecule has 4 heteroatoms. The second-order valence-corrected chi connectivity index (χ2v) is 6.87. The van der Waals surface area contributed by atoms with Crippen molar-refractivity contribution in [1.82, 2.24) is 14.7 Å². The number of hydrogen-bond donors (Lipinski definition) is 0. The lowest BCUT2D eigenvalue weighted by atomic mass is 10.2. The maximum absolute atomic E-state index is 11.5. The molecular weight excluding hydrogens is 274 g/mol. The summed E-state index contributed by atoms with van der Waals surface area (Å²) in [6, 6.07) is 0.312. The lowest BCUT2D eigenvalue weighted by molar-refractivity contribution is -0.131. The minimum atomic E-state index is 0.247. The van der Waals surface area contributed by atoms with Crippen LogP contribution in [0.3, 0.4) is 0 Å². The van der Waals surface area contributed by atoms with Crippen molar-refractivity contribution in [2.24, 2.45) is 0 Å². The van der Waals surface area contributed by atoms with Crippen LogP contribution in [-0.4, -0.2) is 75.0 Å². The summed E-state index contributed by atoms with van der Waals surface area (Å²) >= 11 is 0. The molecule has 0 heterocycles. The van der Waals surface area contributed by atoms with E-state index in [9.17, 15) is 4.79 Å². The van der Waals surface area contributed by atoms with Crippen LogP contribution in [0.4, 0.5) is 0 Å². The third-order valence-electron chi connectivity index (χ3n) is 3.62. The standard InChI is InChI=1S/C10H22N2O.C8H19N/c1-9(2)12(5)10(13)7-6-8-11(3)4;1-4-5-6-7-8-9(2)3/h9H,6-8H2,1-5H3;4-8H2,1-3H3. The Morgan fingerprint density at radius 2 is 1.32 bits per heavy atom. The van der Waals surface area contributed by atoms with Gasteiger partial charge in [-0.2, -0.15) is 0 Å². The van der Waals surface area contributed by atoms with Gasteiger partial charge in [-0.1, -0.05) is 26.2 Å². The first-order valence-corrected chi connectivity index (χ1v) is 8.77. The van der Waals surface area contributed by atoms with Gasteiger partial charge in [0.25, 0.3) is 0 Å². The van der Waals surface area contributed by atoms with Crippen molar-refractivity contribution < 1.29 is 4.79 Å². The Labute approximate surface area is 139 Å². The Kier molecular flexibility index (Phi) is 16.4. The molecule has 0 aromatic carbocycles. The third-order valence-corrected chi connectivity index (χ3v) is 3.62. The zero-order chi connectivity index (χ0) is 17.5. The summed E-state index contributed by atoms with van der Waals surface area (Å²) in [5, 5.41) is 0. The van der Waals surface area contributed by atoms with Crippen LogP contribution in [-0.2, 0) is 4.79 Å². The second kappa shape index (κ2) is 15.3. The SMILES string of the molecule is CC(C)N(C)C(=O)CCCN(C)C.CCCCCCN(C)C. The van der Waals surface area contributed by atoms with Crippen molar-refractivity contribution in [3.63, 3.8) is 0 Å². The fraction of sp³-hybridized carbons (Fsp3) is 0.944.